The molecule has 3 nitrogen and oxygen atoms in total. The Kier molecular flexibility index (Phi) is 6.16. The maximum absolute atomic E-state index is 12.0. The number of carbonyl (C=O) groups excluding carboxylic acids is 1. The summed E-state index contributed by atoms with van der Waals surface area (Å²) < 4.78 is 0. The predicted octanol–water partition coefficient (Wildman–Crippen LogP) is 1.94. The number of carbonyl (C=O) groups is 1. The fourth-order valence-electron chi connectivity index (χ4n) is 2.28. The van der Waals surface area contributed by atoms with Gasteiger partial charge in [0, 0.05) is 12.6 Å². The molecule has 1 saturated carbocycles. The van der Waals surface area contributed by atoms with E-state index in [0.29, 0.717) is 19.1 Å². The van der Waals surface area contributed by atoms with Crippen LogP contribution in [0.5, 0.6) is 0 Å². The first kappa shape index (κ1) is 13.2. The number of hydrogen-bond acceptors (Lipinski definition) is 2. The Hall–Kier alpha value is -0.830. The Morgan fingerprint density at radius 2 is 2.19 bits per heavy atom. The lowest BCUT2D eigenvalue weighted by molar-refractivity contribution is -0.131. The number of nitrogens with one attached hydrogen (secondary N) is 1. The summed E-state index contributed by atoms with van der Waals surface area (Å²) >= 11 is 0. The Balaban J connectivity index is 2.41. The smallest absolute Gasteiger partial charge is 0.237 e. The quantitative estimate of drug-likeness (QED) is 0.529. The molecule has 0 aromatic rings. The van der Waals surface area contributed by atoms with E-state index >= 15 is 0 Å². The summed E-state index contributed by atoms with van der Waals surface area (Å²) in [6, 6.07) is 0.453. The predicted molar refractivity (Wildman–Crippen MR) is 67.3 cm³/mol. The zero-order valence-electron chi connectivity index (χ0n) is 10.4. The topological polar surface area (TPSA) is 32.3 Å². The van der Waals surface area contributed by atoms with Gasteiger partial charge in [-0.3, -0.25) is 4.79 Å². The molecule has 1 aliphatic rings. The lowest BCUT2D eigenvalue weighted by atomic mass is 10.2. The Morgan fingerprint density at radius 1 is 1.50 bits per heavy atom. The second-order valence-electron chi connectivity index (χ2n) is 4.45. The summed E-state index contributed by atoms with van der Waals surface area (Å²) in [6.07, 6.45) is 7.73. The average molecular weight is 224 g/mol. The normalized spacial score (nSPS) is 16.3. The van der Waals surface area contributed by atoms with Gasteiger partial charge in [0.1, 0.15) is 0 Å². The van der Waals surface area contributed by atoms with Crippen molar-refractivity contribution in [2.45, 2.75) is 45.1 Å². The molecule has 1 fully saturated rings. The van der Waals surface area contributed by atoms with Crippen LogP contribution in [0.4, 0.5) is 0 Å². The van der Waals surface area contributed by atoms with Crippen molar-refractivity contribution in [3.8, 4) is 0 Å². The van der Waals surface area contributed by atoms with E-state index in [1.165, 1.54) is 12.8 Å². The maximum Gasteiger partial charge on any atom is 0.237 e. The second-order valence-corrected chi connectivity index (χ2v) is 4.45. The molecule has 0 radical (unpaired) electrons. The van der Waals surface area contributed by atoms with Crippen molar-refractivity contribution in [1.29, 1.82) is 0 Å². The van der Waals surface area contributed by atoms with Gasteiger partial charge in [-0.05, 0) is 25.8 Å². The van der Waals surface area contributed by atoms with E-state index in [9.17, 15) is 4.79 Å². The Morgan fingerprint density at radius 3 is 2.75 bits per heavy atom. The van der Waals surface area contributed by atoms with Crippen molar-refractivity contribution in [1.82, 2.24) is 10.2 Å². The van der Waals surface area contributed by atoms with E-state index in [4.69, 9.17) is 0 Å². The van der Waals surface area contributed by atoms with Gasteiger partial charge in [0.15, 0.2) is 0 Å². The highest BCUT2D eigenvalue weighted by Gasteiger charge is 2.24. The molecule has 0 aromatic heterocycles. The van der Waals surface area contributed by atoms with Gasteiger partial charge in [0.2, 0.25) is 5.91 Å². The fourth-order valence-corrected chi connectivity index (χ4v) is 2.28. The van der Waals surface area contributed by atoms with Crippen molar-refractivity contribution in [2.75, 3.05) is 19.6 Å². The van der Waals surface area contributed by atoms with Crippen LogP contribution in [0.1, 0.15) is 39.0 Å². The number of rotatable bonds is 7. The molecule has 1 rings (SSSR count). The van der Waals surface area contributed by atoms with Crippen molar-refractivity contribution in [2.24, 2.45) is 0 Å². The van der Waals surface area contributed by atoms with Gasteiger partial charge in [-0.15, -0.1) is 6.58 Å². The van der Waals surface area contributed by atoms with Crippen LogP contribution in [-0.4, -0.2) is 36.5 Å². The zero-order chi connectivity index (χ0) is 11.8. The number of amides is 1. The molecule has 92 valence electrons. The summed E-state index contributed by atoms with van der Waals surface area (Å²) in [6.45, 7) is 7.92. The second kappa shape index (κ2) is 7.44. The van der Waals surface area contributed by atoms with E-state index in [0.717, 1.165) is 25.8 Å². The molecule has 1 N–H and O–H groups in total. The number of hydrogen-bond donors (Lipinski definition) is 1. The van der Waals surface area contributed by atoms with Gasteiger partial charge < -0.3 is 10.2 Å². The fraction of sp³-hybridized carbons (Fsp3) is 0.769. The first-order chi connectivity index (χ1) is 7.79. The van der Waals surface area contributed by atoms with Gasteiger partial charge in [-0.25, -0.2) is 0 Å². The Bertz CT molecular complexity index is 222. The highest BCUT2D eigenvalue weighted by molar-refractivity contribution is 5.78. The van der Waals surface area contributed by atoms with Crippen molar-refractivity contribution < 1.29 is 4.79 Å². The van der Waals surface area contributed by atoms with Crippen LogP contribution >= 0.6 is 0 Å². The monoisotopic (exact) mass is 224 g/mol. The molecule has 16 heavy (non-hydrogen) atoms. The van der Waals surface area contributed by atoms with Crippen LogP contribution in [0, 0.1) is 0 Å². The molecule has 1 amide bonds. The van der Waals surface area contributed by atoms with Crippen LogP contribution in [0.3, 0.4) is 0 Å². The number of nitrogens with zero attached hydrogens (tertiary/aromatic N) is 1. The molecule has 1 aliphatic carbocycles. The van der Waals surface area contributed by atoms with Crippen LogP contribution in [0.15, 0.2) is 12.7 Å². The largest absolute Gasteiger partial charge is 0.335 e. The maximum atomic E-state index is 12.0. The summed E-state index contributed by atoms with van der Waals surface area (Å²) in [5, 5.41) is 3.17. The van der Waals surface area contributed by atoms with Crippen LogP contribution in [0.25, 0.3) is 0 Å². The molecule has 3 heteroatoms. The van der Waals surface area contributed by atoms with Crippen LogP contribution < -0.4 is 5.32 Å². The highest BCUT2D eigenvalue weighted by atomic mass is 16.2. The van der Waals surface area contributed by atoms with E-state index in [2.05, 4.69) is 18.8 Å². The third kappa shape index (κ3) is 3.97. The molecule has 0 aliphatic heterocycles. The molecule has 0 unspecified atom stereocenters. The standard InChI is InChI=1S/C13H24N2O/c1-3-9-14-11-13(16)15(10-4-2)12-7-5-6-8-12/h4,12,14H,2-3,5-11H2,1H3. The Labute approximate surface area is 98.9 Å². The summed E-state index contributed by atoms with van der Waals surface area (Å²) in [4.78, 5) is 14.0. The molecule has 0 atom stereocenters. The minimum absolute atomic E-state index is 0.222. The van der Waals surface area contributed by atoms with Crippen LogP contribution in [-0.2, 0) is 4.79 Å². The molecular weight excluding hydrogens is 200 g/mol. The summed E-state index contributed by atoms with van der Waals surface area (Å²) in [5.41, 5.74) is 0. The summed E-state index contributed by atoms with van der Waals surface area (Å²) in [7, 11) is 0. The van der Waals surface area contributed by atoms with E-state index in [-0.39, 0.29) is 5.91 Å². The van der Waals surface area contributed by atoms with Crippen molar-refractivity contribution in [3.05, 3.63) is 12.7 Å². The lowest BCUT2D eigenvalue weighted by Crippen LogP contribution is -2.43. The van der Waals surface area contributed by atoms with Gasteiger partial charge in [0.05, 0.1) is 6.54 Å². The van der Waals surface area contributed by atoms with E-state index < -0.39 is 0 Å². The van der Waals surface area contributed by atoms with Gasteiger partial charge >= 0.3 is 0 Å². The SMILES string of the molecule is C=CCN(C(=O)CNCCC)C1CCCC1. The molecule has 0 bridgehead atoms. The first-order valence-electron chi connectivity index (χ1n) is 6.40. The van der Waals surface area contributed by atoms with Crippen molar-refractivity contribution in [3.63, 3.8) is 0 Å². The van der Waals surface area contributed by atoms with Crippen molar-refractivity contribution >= 4 is 5.91 Å². The molecule has 0 aromatic carbocycles. The summed E-state index contributed by atoms with van der Waals surface area (Å²) in [5.74, 6) is 0.222. The van der Waals surface area contributed by atoms with Crippen LogP contribution in [0.2, 0.25) is 0 Å². The molecular formula is C13H24N2O. The minimum Gasteiger partial charge on any atom is -0.335 e. The third-order valence-electron chi connectivity index (χ3n) is 3.11. The van der Waals surface area contributed by atoms with Gasteiger partial charge in [-0.1, -0.05) is 25.8 Å². The lowest BCUT2D eigenvalue weighted by Gasteiger charge is -2.28. The molecule has 0 saturated heterocycles. The minimum atomic E-state index is 0.222. The first-order valence-corrected chi connectivity index (χ1v) is 6.40. The van der Waals surface area contributed by atoms with E-state index in [1.54, 1.807) is 0 Å². The third-order valence-corrected chi connectivity index (χ3v) is 3.11. The van der Waals surface area contributed by atoms with Gasteiger partial charge in [0.25, 0.3) is 0 Å². The molecule has 0 spiro atoms. The zero-order valence-corrected chi connectivity index (χ0v) is 10.4. The van der Waals surface area contributed by atoms with Gasteiger partial charge in [-0.2, -0.15) is 0 Å². The molecule has 0 heterocycles. The average Bonchev–Trinajstić information content (AvgIpc) is 2.79. The highest BCUT2D eigenvalue weighted by Crippen LogP contribution is 2.23. The van der Waals surface area contributed by atoms with E-state index in [1.807, 2.05) is 11.0 Å².